The molecule has 1 aliphatic carbocycles. The van der Waals surface area contributed by atoms with E-state index in [1.54, 1.807) is 20.4 Å². The SMILES string of the molecule is COCC1CCC(COC)N1C(OC1CCC(C(=O)O)CC1)(C(=O)Cc1cc(Cl)c(NC(=O)c2cn(C)c3ccccc23)cc1F)N1CCCC1. The number of benzene rings is 2. The van der Waals surface area contributed by atoms with Crippen molar-refractivity contribution in [3.05, 3.63) is 64.6 Å². The van der Waals surface area contributed by atoms with Crippen molar-refractivity contribution in [3.63, 3.8) is 0 Å². The maximum absolute atomic E-state index is 16.1. The van der Waals surface area contributed by atoms with Gasteiger partial charge in [0.2, 0.25) is 5.85 Å². The molecule has 276 valence electrons. The molecule has 13 heteroatoms. The number of anilines is 1. The second-order valence-corrected chi connectivity index (χ2v) is 14.5. The molecule has 0 radical (unpaired) electrons. The summed E-state index contributed by atoms with van der Waals surface area (Å²) in [5.41, 5.74) is 1.49. The summed E-state index contributed by atoms with van der Waals surface area (Å²) in [6.07, 6.45) is 6.14. The molecule has 1 amide bonds. The lowest BCUT2D eigenvalue weighted by Crippen LogP contribution is -2.71. The fourth-order valence-corrected chi connectivity index (χ4v) is 8.59. The molecule has 1 saturated carbocycles. The van der Waals surface area contributed by atoms with Gasteiger partial charge in [-0.1, -0.05) is 29.8 Å². The quantitative estimate of drug-likeness (QED) is 0.210. The number of aromatic nitrogens is 1. The molecule has 3 fully saturated rings. The molecule has 3 unspecified atom stereocenters. The van der Waals surface area contributed by atoms with Crippen LogP contribution in [0.3, 0.4) is 0 Å². The molecule has 2 aromatic carbocycles. The number of carboxylic acids is 1. The monoisotopic (exact) mass is 726 g/mol. The van der Waals surface area contributed by atoms with Gasteiger partial charge >= 0.3 is 5.97 Å². The molecule has 1 aromatic heterocycles. The number of Topliss-reactive ketones (excluding diaryl/α,β-unsaturated/α-hetero) is 1. The van der Waals surface area contributed by atoms with Crippen LogP contribution in [0.4, 0.5) is 10.1 Å². The summed E-state index contributed by atoms with van der Waals surface area (Å²) in [5, 5.41) is 13.3. The Morgan fingerprint density at radius 3 is 2.25 bits per heavy atom. The lowest BCUT2D eigenvalue weighted by molar-refractivity contribution is -0.270. The van der Waals surface area contributed by atoms with Gasteiger partial charge in [-0.25, -0.2) is 9.29 Å². The van der Waals surface area contributed by atoms with E-state index in [4.69, 9.17) is 25.8 Å². The summed E-state index contributed by atoms with van der Waals surface area (Å²) in [6.45, 7) is 1.94. The average molecular weight is 727 g/mol. The smallest absolute Gasteiger partial charge is 0.306 e. The summed E-state index contributed by atoms with van der Waals surface area (Å²) >= 11 is 6.70. The molecule has 6 rings (SSSR count). The van der Waals surface area contributed by atoms with Crippen LogP contribution in [0, 0.1) is 11.7 Å². The van der Waals surface area contributed by atoms with Crippen LogP contribution in [0.25, 0.3) is 10.9 Å². The minimum atomic E-state index is -1.57. The molecule has 2 aliphatic heterocycles. The molecule has 0 bridgehead atoms. The van der Waals surface area contributed by atoms with Gasteiger partial charge in [0.15, 0.2) is 5.78 Å². The van der Waals surface area contributed by atoms with E-state index in [0.29, 0.717) is 57.6 Å². The number of likely N-dealkylation sites (tertiary alicyclic amines) is 2. The second kappa shape index (κ2) is 16.1. The summed E-state index contributed by atoms with van der Waals surface area (Å²) in [6, 6.07) is 9.73. The molecule has 3 atom stereocenters. The number of ketones is 1. The Bertz CT molecular complexity index is 1720. The van der Waals surface area contributed by atoms with Gasteiger partial charge in [0.25, 0.3) is 5.91 Å². The van der Waals surface area contributed by atoms with Gasteiger partial charge in [-0.2, -0.15) is 0 Å². The van der Waals surface area contributed by atoms with Crippen molar-refractivity contribution in [1.82, 2.24) is 14.4 Å². The number of para-hydroxylation sites is 1. The van der Waals surface area contributed by atoms with E-state index >= 15 is 9.18 Å². The van der Waals surface area contributed by atoms with Crippen molar-refractivity contribution in [2.24, 2.45) is 13.0 Å². The Labute approximate surface area is 302 Å². The van der Waals surface area contributed by atoms with Crippen LogP contribution in [-0.4, -0.2) is 102 Å². The highest BCUT2D eigenvalue weighted by molar-refractivity contribution is 6.34. The first kappa shape index (κ1) is 37.4. The number of carbonyl (C=O) groups excluding carboxylic acids is 2. The molecule has 3 aliphatic rings. The van der Waals surface area contributed by atoms with Crippen LogP contribution in [0.2, 0.25) is 5.02 Å². The van der Waals surface area contributed by atoms with Gasteiger partial charge in [-0.15, -0.1) is 0 Å². The summed E-state index contributed by atoms with van der Waals surface area (Å²) in [7, 11) is 5.11. The number of ether oxygens (including phenoxy) is 3. The number of rotatable bonds is 14. The number of carboxylic acid groups (broad SMARTS) is 1. The predicted octanol–water partition coefficient (Wildman–Crippen LogP) is 5.87. The first-order valence-corrected chi connectivity index (χ1v) is 18.2. The van der Waals surface area contributed by atoms with Gasteiger partial charge in [-0.05, 0) is 75.1 Å². The third-order valence-electron chi connectivity index (χ3n) is 10.8. The number of halogens is 2. The highest BCUT2D eigenvalue weighted by Crippen LogP contribution is 2.42. The third-order valence-corrected chi connectivity index (χ3v) is 11.1. The van der Waals surface area contributed by atoms with Gasteiger partial charge in [-0.3, -0.25) is 19.3 Å². The van der Waals surface area contributed by atoms with Gasteiger partial charge in [0.1, 0.15) is 5.82 Å². The van der Waals surface area contributed by atoms with Crippen LogP contribution in [-0.2, 0) is 37.3 Å². The minimum Gasteiger partial charge on any atom is -0.481 e. The molecule has 3 heterocycles. The Morgan fingerprint density at radius 2 is 1.63 bits per heavy atom. The van der Waals surface area contributed by atoms with Crippen LogP contribution in [0.1, 0.15) is 67.3 Å². The maximum Gasteiger partial charge on any atom is 0.306 e. The number of aryl methyl sites for hydroxylation is 1. The average Bonchev–Trinajstić information content (AvgIpc) is 3.87. The summed E-state index contributed by atoms with van der Waals surface area (Å²) in [4.78, 5) is 44.4. The zero-order valence-corrected chi connectivity index (χ0v) is 30.3. The highest BCUT2D eigenvalue weighted by atomic mass is 35.5. The topological polar surface area (TPSA) is 123 Å². The Balaban J connectivity index is 1.33. The lowest BCUT2D eigenvalue weighted by atomic mass is 9.87. The van der Waals surface area contributed by atoms with E-state index in [1.807, 2.05) is 35.9 Å². The standard InChI is InChI=1S/C38H48ClFN4O7/c1-42-21-30(29-8-4-5-9-34(29)42)36(46)41-33-20-32(40)25(18-31(33)39)19-35(45)38(43-16-6-7-17-43,51-28-14-10-24(11-15-28)37(47)48)44-26(22-49-2)12-13-27(44)23-50-3/h4-5,8-9,18,20-21,24,26-28H,6-7,10-17,19,22-23H2,1-3H3,(H,41,46)(H,47,48). The molecule has 3 aromatic rings. The number of hydrogen-bond donors (Lipinski definition) is 2. The number of amides is 1. The van der Waals surface area contributed by atoms with Crippen LogP contribution in [0.5, 0.6) is 0 Å². The summed E-state index contributed by atoms with van der Waals surface area (Å²) < 4.78 is 36.3. The van der Waals surface area contributed by atoms with Crippen molar-refractivity contribution in [3.8, 4) is 0 Å². The van der Waals surface area contributed by atoms with Gasteiger partial charge in [0.05, 0.1) is 41.5 Å². The molecule has 51 heavy (non-hydrogen) atoms. The lowest BCUT2D eigenvalue weighted by Gasteiger charge is -2.52. The van der Waals surface area contributed by atoms with E-state index < -0.39 is 29.5 Å². The first-order valence-electron chi connectivity index (χ1n) is 17.9. The van der Waals surface area contributed by atoms with Crippen LogP contribution < -0.4 is 5.32 Å². The number of hydrogen-bond acceptors (Lipinski definition) is 8. The number of fused-ring (bicyclic) bond motifs is 1. The highest BCUT2D eigenvalue weighted by Gasteiger charge is 2.58. The number of aliphatic carboxylic acids is 1. The first-order chi connectivity index (χ1) is 24.6. The Morgan fingerprint density at radius 1 is 0.980 bits per heavy atom. The molecule has 2 saturated heterocycles. The number of nitrogens with zero attached hydrogens (tertiary/aromatic N) is 3. The fraction of sp³-hybridized carbons (Fsp3) is 0.553. The Hall–Kier alpha value is -3.39. The number of methoxy groups -OCH3 is 2. The van der Waals surface area contributed by atoms with Crippen LogP contribution >= 0.6 is 11.6 Å². The molecule has 11 nitrogen and oxygen atoms in total. The van der Waals surface area contributed by atoms with E-state index in [1.165, 1.54) is 6.07 Å². The van der Waals surface area contributed by atoms with Gasteiger partial charge < -0.3 is 29.2 Å². The van der Waals surface area contributed by atoms with Crippen molar-refractivity contribution in [2.75, 3.05) is 45.8 Å². The second-order valence-electron chi connectivity index (χ2n) is 14.1. The normalized spacial score (nSPS) is 24.2. The summed E-state index contributed by atoms with van der Waals surface area (Å²) in [5.74, 6) is -4.29. The number of carbonyl (C=O) groups is 3. The number of nitrogens with one attached hydrogen (secondary N) is 1. The molecular formula is C38H48ClFN4O7. The van der Waals surface area contributed by atoms with Gasteiger partial charge in [0, 0.05) is 70.0 Å². The molecule has 0 spiro atoms. The van der Waals surface area contributed by atoms with E-state index in [0.717, 1.165) is 42.7 Å². The minimum absolute atomic E-state index is 0.0840. The largest absolute Gasteiger partial charge is 0.481 e. The van der Waals surface area contributed by atoms with Crippen molar-refractivity contribution < 1.29 is 38.1 Å². The zero-order valence-electron chi connectivity index (χ0n) is 29.5. The van der Waals surface area contributed by atoms with E-state index in [9.17, 15) is 14.7 Å². The maximum atomic E-state index is 16.1. The fourth-order valence-electron chi connectivity index (χ4n) is 8.35. The third kappa shape index (κ3) is 7.58. The van der Waals surface area contributed by atoms with E-state index in [2.05, 4.69) is 15.1 Å². The van der Waals surface area contributed by atoms with Crippen molar-refractivity contribution in [2.45, 2.75) is 81.8 Å². The van der Waals surface area contributed by atoms with Crippen molar-refractivity contribution >= 4 is 45.9 Å². The van der Waals surface area contributed by atoms with E-state index in [-0.39, 0.29) is 46.7 Å². The van der Waals surface area contributed by atoms with Crippen molar-refractivity contribution in [1.29, 1.82) is 0 Å². The molecule has 2 N–H and O–H groups in total. The molecular weight excluding hydrogens is 679 g/mol. The Kier molecular flexibility index (Phi) is 11.8. The predicted molar refractivity (Wildman–Crippen MR) is 191 cm³/mol. The van der Waals surface area contributed by atoms with Crippen LogP contribution in [0.15, 0.2) is 42.6 Å². The zero-order chi connectivity index (χ0) is 36.3.